The molecule has 1 nitrogen and oxygen atoms in total. The van der Waals surface area contributed by atoms with Gasteiger partial charge in [-0.15, -0.1) is 11.6 Å². The highest BCUT2D eigenvalue weighted by Gasteiger charge is 2.21. The lowest BCUT2D eigenvalue weighted by Gasteiger charge is -2.28. The van der Waals surface area contributed by atoms with Gasteiger partial charge in [0.2, 0.25) is 0 Å². The lowest BCUT2D eigenvalue weighted by Crippen LogP contribution is -2.23. The minimum Gasteiger partial charge on any atom is -0.490 e. The second-order valence-electron chi connectivity index (χ2n) is 5.34. The van der Waals surface area contributed by atoms with Crippen molar-refractivity contribution in [3.8, 4) is 5.75 Å². The van der Waals surface area contributed by atoms with Gasteiger partial charge in [0.05, 0.1) is 12.0 Å². The molecule has 0 unspecified atom stereocenters. The summed E-state index contributed by atoms with van der Waals surface area (Å²) in [7, 11) is 0. The van der Waals surface area contributed by atoms with Gasteiger partial charge in [0.25, 0.3) is 0 Å². The largest absolute Gasteiger partial charge is 0.490 e. The van der Waals surface area contributed by atoms with Crippen LogP contribution in [-0.2, 0) is 5.88 Å². The number of rotatable bonds is 3. The van der Waals surface area contributed by atoms with Crippen LogP contribution in [0.4, 0.5) is 0 Å². The van der Waals surface area contributed by atoms with Crippen molar-refractivity contribution in [2.24, 2.45) is 5.92 Å². The normalized spacial score (nSPS) is 24.0. The second kappa shape index (κ2) is 6.29. The number of halogens is 2. The second-order valence-corrected chi connectivity index (χ2v) is 6.53. The maximum atomic E-state index is 6.21. The fraction of sp³-hybridized carbons (Fsp3) is 0.600. The molecule has 0 aliphatic heterocycles. The average molecular weight is 332 g/mol. The van der Waals surface area contributed by atoms with Crippen LogP contribution >= 0.6 is 27.5 Å². The van der Waals surface area contributed by atoms with E-state index in [2.05, 4.69) is 41.9 Å². The smallest absolute Gasteiger partial charge is 0.127 e. The van der Waals surface area contributed by atoms with E-state index in [1.807, 2.05) is 0 Å². The molecule has 0 amide bonds. The Morgan fingerprint density at radius 3 is 2.56 bits per heavy atom. The predicted octanol–water partition coefficient (Wildman–Crippen LogP) is 5.45. The maximum absolute atomic E-state index is 6.21. The SMILES string of the molecule is Cc1cc(Br)cc(CCl)c1OC1CCC(C)CC1. The molecule has 0 bridgehead atoms. The molecule has 1 aliphatic carbocycles. The van der Waals surface area contributed by atoms with Crippen molar-refractivity contribution in [1.82, 2.24) is 0 Å². The van der Waals surface area contributed by atoms with Crippen LogP contribution in [0.3, 0.4) is 0 Å². The minimum absolute atomic E-state index is 0.364. The van der Waals surface area contributed by atoms with E-state index in [1.165, 1.54) is 31.2 Å². The molecule has 2 rings (SSSR count). The zero-order valence-corrected chi connectivity index (χ0v) is 13.4. The fourth-order valence-electron chi connectivity index (χ4n) is 2.58. The van der Waals surface area contributed by atoms with Gasteiger partial charge in [-0.3, -0.25) is 0 Å². The number of hydrogen-bond acceptors (Lipinski definition) is 1. The van der Waals surface area contributed by atoms with Crippen molar-refractivity contribution in [2.75, 3.05) is 0 Å². The minimum atomic E-state index is 0.364. The van der Waals surface area contributed by atoms with E-state index in [-0.39, 0.29) is 0 Å². The Labute approximate surface area is 123 Å². The van der Waals surface area contributed by atoms with Crippen molar-refractivity contribution < 1.29 is 4.74 Å². The summed E-state index contributed by atoms with van der Waals surface area (Å²) < 4.78 is 7.28. The maximum Gasteiger partial charge on any atom is 0.127 e. The molecule has 0 aromatic heterocycles. The summed E-state index contributed by atoms with van der Waals surface area (Å²) >= 11 is 9.52. The Kier molecular flexibility index (Phi) is 4.97. The molecule has 0 saturated heterocycles. The topological polar surface area (TPSA) is 9.23 Å². The number of aryl methyl sites for hydroxylation is 1. The molecule has 100 valence electrons. The lowest BCUT2D eigenvalue weighted by atomic mass is 9.89. The van der Waals surface area contributed by atoms with Crippen molar-refractivity contribution in [1.29, 1.82) is 0 Å². The summed E-state index contributed by atoms with van der Waals surface area (Å²) in [4.78, 5) is 0. The number of hydrogen-bond donors (Lipinski definition) is 0. The number of ether oxygens (including phenoxy) is 1. The third-order valence-electron chi connectivity index (χ3n) is 3.71. The Balaban J connectivity index is 2.13. The highest BCUT2D eigenvalue weighted by Crippen LogP contribution is 2.33. The first-order valence-electron chi connectivity index (χ1n) is 6.61. The summed E-state index contributed by atoms with van der Waals surface area (Å²) in [6, 6.07) is 4.15. The van der Waals surface area contributed by atoms with Crippen LogP contribution in [0.1, 0.15) is 43.7 Å². The molecule has 0 heterocycles. The molecule has 0 atom stereocenters. The van der Waals surface area contributed by atoms with Crippen molar-refractivity contribution in [3.05, 3.63) is 27.7 Å². The molecule has 18 heavy (non-hydrogen) atoms. The first-order valence-corrected chi connectivity index (χ1v) is 7.94. The summed E-state index contributed by atoms with van der Waals surface area (Å²) in [5.74, 6) is 2.34. The van der Waals surface area contributed by atoms with Crippen LogP contribution in [0.2, 0.25) is 0 Å². The Morgan fingerprint density at radius 2 is 1.94 bits per heavy atom. The van der Waals surface area contributed by atoms with Crippen molar-refractivity contribution in [3.63, 3.8) is 0 Å². The van der Waals surface area contributed by atoms with E-state index in [0.29, 0.717) is 12.0 Å². The number of alkyl halides is 1. The molecular weight excluding hydrogens is 312 g/mol. The standard InChI is InChI=1S/C15H20BrClO/c1-10-3-5-14(6-4-10)18-15-11(2)7-13(16)8-12(15)9-17/h7-8,10,14H,3-6,9H2,1-2H3. The van der Waals surface area contributed by atoms with E-state index in [9.17, 15) is 0 Å². The molecule has 1 aromatic carbocycles. The molecule has 0 spiro atoms. The fourth-order valence-corrected chi connectivity index (χ4v) is 3.40. The van der Waals surface area contributed by atoms with Gasteiger partial charge in [0.15, 0.2) is 0 Å². The van der Waals surface area contributed by atoms with E-state index >= 15 is 0 Å². The third-order valence-corrected chi connectivity index (χ3v) is 4.45. The average Bonchev–Trinajstić information content (AvgIpc) is 2.34. The Morgan fingerprint density at radius 1 is 1.28 bits per heavy atom. The van der Waals surface area contributed by atoms with E-state index < -0.39 is 0 Å². The molecule has 1 aliphatic rings. The van der Waals surface area contributed by atoms with Gasteiger partial charge in [-0.05, 0) is 56.2 Å². The van der Waals surface area contributed by atoms with Crippen LogP contribution in [0.15, 0.2) is 16.6 Å². The molecule has 1 saturated carbocycles. The molecular formula is C15H20BrClO. The highest BCUT2D eigenvalue weighted by molar-refractivity contribution is 9.10. The van der Waals surface area contributed by atoms with Gasteiger partial charge in [0.1, 0.15) is 5.75 Å². The van der Waals surface area contributed by atoms with Gasteiger partial charge >= 0.3 is 0 Å². The van der Waals surface area contributed by atoms with E-state index in [0.717, 1.165) is 21.7 Å². The first-order chi connectivity index (χ1) is 8.60. The van der Waals surface area contributed by atoms with Crippen LogP contribution in [-0.4, -0.2) is 6.10 Å². The van der Waals surface area contributed by atoms with Gasteiger partial charge in [-0.25, -0.2) is 0 Å². The molecule has 3 heteroatoms. The Bertz CT molecular complexity index is 411. The van der Waals surface area contributed by atoms with E-state index in [1.54, 1.807) is 0 Å². The van der Waals surface area contributed by atoms with Gasteiger partial charge < -0.3 is 4.74 Å². The Hall–Kier alpha value is -0.210. The van der Waals surface area contributed by atoms with Gasteiger partial charge in [-0.2, -0.15) is 0 Å². The molecule has 0 N–H and O–H groups in total. The van der Waals surface area contributed by atoms with Crippen LogP contribution in [0, 0.1) is 12.8 Å². The number of benzene rings is 1. The van der Waals surface area contributed by atoms with E-state index in [4.69, 9.17) is 16.3 Å². The zero-order valence-electron chi connectivity index (χ0n) is 11.0. The van der Waals surface area contributed by atoms with Crippen molar-refractivity contribution >= 4 is 27.5 Å². The third kappa shape index (κ3) is 3.42. The summed E-state index contributed by atoms with van der Waals surface area (Å²) in [5, 5.41) is 0. The zero-order chi connectivity index (χ0) is 13.1. The lowest BCUT2D eigenvalue weighted by molar-refractivity contribution is 0.133. The quantitative estimate of drug-likeness (QED) is 0.669. The van der Waals surface area contributed by atoms with Crippen LogP contribution in [0.5, 0.6) is 5.75 Å². The molecule has 1 aromatic rings. The molecule has 1 fully saturated rings. The highest BCUT2D eigenvalue weighted by atomic mass is 79.9. The van der Waals surface area contributed by atoms with Gasteiger partial charge in [-0.1, -0.05) is 22.9 Å². The van der Waals surface area contributed by atoms with Crippen LogP contribution in [0.25, 0.3) is 0 Å². The monoisotopic (exact) mass is 330 g/mol. The van der Waals surface area contributed by atoms with Gasteiger partial charge in [0, 0.05) is 10.0 Å². The summed E-state index contributed by atoms with van der Waals surface area (Å²) in [6.07, 6.45) is 5.24. The van der Waals surface area contributed by atoms with Crippen molar-refractivity contribution in [2.45, 2.75) is 51.5 Å². The first kappa shape index (κ1) is 14.2. The summed E-state index contributed by atoms with van der Waals surface area (Å²) in [6.45, 7) is 4.41. The molecule has 0 radical (unpaired) electrons. The predicted molar refractivity (Wildman–Crippen MR) is 80.5 cm³/mol. The van der Waals surface area contributed by atoms with Crippen LogP contribution < -0.4 is 4.74 Å². The summed E-state index contributed by atoms with van der Waals surface area (Å²) in [5.41, 5.74) is 2.25.